The normalized spacial score (nSPS) is 10.8. The second kappa shape index (κ2) is 9.04. The monoisotopic (exact) mass is 436 g/mol. The molecule has 1 N–H and O–H groups in total. The topological polar surface area (TPSA) is 51.2 Å². The summed E-state index contributed by atoms with van der Waals surface area (Å²) in [6.07, 6.45) is 0. The highest BCUT2D eigenvalue weighted by molar-refractivity contribution is 7.14. The lowest BCUT2D eigenvalue weighted by molar-refractivity contribution is 0.102. The molecule has 0 spiro atoms. The van der Waals surface area contributed by atoms with E-state index in [-0.39, 0.29) is 5.91 Å². The number of thiazole rings is 1. The molecule has 0 aliphatic rings. The molecule has 5 rings (SSSR count). The van der Waals surface area contributed by atoms with Crippen LogP contribution in [0.15, 0.2) is 102 Å². The minimum Gasteiger partial charge on any atom is -0.489 e. The van der Waals surface area contributed by atoms with Crippen LogP contribution in [0.4, 0.5) is 5.13 Å². The summed E-state index contributed by atoms with van der Waals surface area (Å²) in [4.78, 5) is 17.4. The van der Waals surface area contributed by atoms with Gasteiger partial charge >= 0.3 is 0 Å². The molecule has 4 nitrogen and oxygen atoms in total. The zero-order valence-electron chi connectivity index (χ0n) is 17.2. The third-order valence-corrected chi connectivity index (χ3v) is 5.87. The number of benzene rings is 4. The van der Waals surface area contributed by atoms with E-state index in [0.717, 1.165) is 22.2 Å². The van der Waals surface area contributed by atoms with Crippen molar-refractivity contribution in [2.75, 3.05) is 5.32 Å². The van der Waals surface area contributed by atoms with Crippen molar-refractivity contribution in [3.63, 3.8) is 0 Å². The molecule has 0 fully saturated rings. The second-order valence-electron chi connectivity index (χ2n) is 7.36. The smallest absolute Gasteiger partial charge is 0.257 e. The number of aromatic nitrogens is 1. The summed E-state index contributed by atoms with van der Waals surface area (Å²) in [5.41, 5.74) is 3.47. The number of carbonyl (C=O) groups excluding carboxylic acids is 1. The average Bonchev–Trinajstić information content (AvgIpc) is 3.32. The molecule has 0 atom stereocenters. The summed E-state index contributed by atoms with van der Waals surface area (Å²) in [5, 5.41) is 7.77. The molecule has 0 aliphatic heterocycles. The maximum Gasteiger partial charge on any atom is 0.257 e. The lowest BCUT2D eigenvalue weighted by atomic mass is 10.1. The number of carbonyl (C=O) groups is 1. The standard InChI is InChI=1S/C27H20N2O2S/c30-26(23-11-6-12-24(16-23)31-17-19-7-2-1-3-8-19)29-27-28-25(18-32-27)22-14-13-20-9-4-5-10-21(20)15-22/h1-16,18H,17H2,(H,28,29,30). The summed E-state index contributed by atoms with van der Waals surface area (Å²) in [6.45, 7) is 0.452. The lowest BCUT2D eigenvalue weighted by Crippen LogP contribution is -2.11. The van der Waals surface area contributed by atoms with Crippen molar-refractivity contribution in [3.8, 4) is 17.0 Å². The maximum absolute atomic E-state index is 12.8. The van der Waals surface area contributed by atoms with E-state index in [1.807, 2.05) is 60.0 Å². The largest absolute Gasteiger partial charge is 0.489 e. The summed E-state index contributed by atoms with van der Waals surface area (Å²) < 4.78 is 5.84. The van der Waals surface area contributed by atoms with Crippen molar-refractivity contribution in [1.82, 2.24) is 4.98 Å². The number of hydrogen-bond acceptors (Lipinski definition) is 4. The highest BCUT2D eigenvalue weighted by atomic mass is 32.1. The van der Waals surface area contributed by atoms with Crippen LogP contribution < -0.4 is 10.1 Å². The molecule has 5 heteroatoms. The lowest BCUT2D eigenvalue weighted by Gasteiger charge is -2.08. The first-order valence-corrected chi connectivity index (χ1v) is 11.2. The first kappa shape index (κ1) is 20.0. The highest BCUT2D eigenvalue weighted by Gasteiger charge is 2.11. The van der Waals surface area contributed by atoms with Gasteiger partial charge in [0, 0.05) is 16.5 Å². The molecule has 1 aromatic heterocycles. The van der Waals surface area contributed by atoms with Gasteiger partial charge in [-0.25, -0.2) is 4.98 Å². The average molecular weight is 437 g/mol. The van der Waals surface area contributed by atoms with E-state index in [0.29, 0.717) is 23.1 Å². The Labute approximate surface area is 190 Å². The van der Waals surface area contributed by atoms with Crippen LogP contribution in [-0.4, -0.2) is 10.9 Å². The van der Waals surface area contributed by atoms with E-state index >= 15 is 0 Å². The summed E-state index contributed by atoms with van der Waals surface area (Å²) in [6, 6.07) is 31.6. The van der Waals surface area contributed by atoms with Crippen LogP contribution in [0.3, 0.4) is 0 Å². The van der Waals surface area contributed by atoms with Gasteiger partial charge in [-0.2, -0.15) is 0 Å². The van der Waals surface area contributed by atoms with Crippen molar-refractivity contribution in [2.24, 2.45) is 0 Å². The molecule has 0 unspecified atom stereocenters. The van der Waals surface area contributed by atoms with E-state index in [1.54, 1.807) is 12.1 Å². The van der Waals surface area contributed by atoms with Crippen molar-refractivity contribution < 1.29 is 9.53 Å². The number of nitrogens with one attached hydrogen (secondary N) is 1. The Balaban J connectivity index is 1.27. The number of rotatable bonds is 6. The first-order valence-electron chi connectivity index (χ1n) is 10.3. The first-order chi connectivity index (χ1) is 15.7. The molecular weight excluding hydrogens is 416 g/mol. The number of anilines is 1. The van der Waals surface area contributed by atoms with Gasteiger partial charge < -0.3 is 4.74 Å². The van der Waals surface area contributed by atoms with Gasteiger partial charge in [0.2, 0.25) is 0 Å². The fraction of sp³-hybridized carbons (Fsp3) is 0.0370. The molecular formula is C27H20N2O2S. The molecule has 156 valence electrons. The van der Waals surface area contributed by atoms with Gasteiger partial charge in [-0.3, -0.25) is 10.1 Å². The van der Waals surface area contributed by atoms with Crippen LogP contribution in [0.1, 0.15) is 15.9 Å². The Morgan fingerprint density at radius 2 is 1.66 bits per heavy atom. The Morgan fingerprint density at radius 1 is 0.844 bits per heavy atom. The fourth-order valence-electron chi connectivity index (χ4n) is 3.45. The Kier molecular flexibility index (Phi) is 5.64. The second-order valence-corrected chi connectivity index (χ2v) is 8.21. The number of nitrogens with zero attached hydrogens (tertiary/aromatic N) is 1. The van der Waals surface area contributed by atoms with Crippen molar-refractivity contribution >= 4 is 33.1 Å². The number of hydrogen-bond donors (Lipinski definition) is 1. The summed E-state index contributed by atoms with van der Waals surface area (Å²) in [5.74, 6) is 0.437. The van der Waals surface area contributed by atoms with Crippen LogP contribution in [-0.2, 0) is 6.61 Å². The van der Waals surface area contributed by atoms with Gasteiger partial charge in [-0.05, 0) is 40.6 Å². The quantitative estimate of drug-likeness (QED) is 0.319. The minimum atomic E-state index is -0.213. The van der Waals surface area contributed by atoms with Crippen LogP contribution in [0.25, 0.3) is 22.0 Å². The SMILES string of the molecule is O=C(Nc1nc(-c2ccc3ccccc3c2)cs1)c1cccc(OCc2ccccc2)c1. The van der Waals surface area contributed by atoms with Crippen LogP contribution in [0, 0.1) is 0 Å². The number of amides is 1. The number of fused-ring (bicyclic) bond motifs is 1. The Bertz CT molecular complexity index is 1380. The molecule has 1 heterocycles. The molecule has 4 aromatic carbocycles. The molecule has 0 bridgehead atoms. The highest BCUT2D eigenvalue weighted by Crippen LogP contribution is 2.28. The maximum atomic E-state index is 12.8. The molecule has 0 saturated carbocycles. The van der Waals surface area contributed by atoms with Gasteiger partial charge in [0.25, 0.3) is 5.91 Å². The number of ether oxygens (including phenoxy) is 1. The molecule has 0 saturated heterocycles. The molecule has 32 heavy (non-hydrogen) atoms. The molecule has 5 aromatic rings. The Hall–Kier alpha value is -3.96. The van der Waals surface area contributed by atoms with E-state index in [4.69, 9.17) is 4.74 Å². The zero-order chi connectivity index (χ0) is 21.8. The van der Waals surface area contributed by atoms with Gasteiger partial charge in [-0.1, -0.05) is 72.8 Å². The van der Waals surface area contributed by atoms with E-state index in [2.05, 4.69) is 40.6 Å². The van der Waals surface area contributed by atoms with Crippen LogP contribution >= 0.6 is 11.3 Å². The predicted molar refractivity (Wildman–Crippen MR) is 130 cm³/mol. The van der Waals surface area contributed by atoms with Crippen LogP contribution in [0.5, 0.6) is 5.75 Å². The van der Waals surface area contributed by atoms with Crippen LogP contribution in [0.2, 0.25) is 0 Å². The van der Waals surface area contributed by atoms with Crippen molar-refractivity contribution in [2.45, 2.75) is 6.61 Å². The van der Waals surface area contributed by atoms with Gasteiger partial charge in [0.15, 0.2) is 5.13 Å². The third-order valence-electron chi connectivity index (χ3n) is 5.11. The zero-order valence-corrected chi connectivity index (χ0v) is 18.0. The third kappa shape index (κ3) is 4.53. The molecule has 0 radical (unpaired) electrons. The minimum absolute atomic E-state index is 0.213. The molecule has 0 aliphatic carbocycles. The van der Waals surface area contributed by atoms with Crippen molar-refractivity contribution in [3.05, 3.63) is 114 Å². The molecule has 1 amide bonds. The Morgan fingerprint density at radius 3 is 2.53 bits per heavy atom. The predicted octanol–water partition coefficient (Wildman–Crippen LogP) is 6.79. The fourth-order valence-corrected chi connectivity index (χ4v) is 4.16. The van der Waals surface area contributed by atoms with Gasteiger partial charge in [0.05, 0.1) is 5.69 Å². The summed E-state index contributed by atoms with van der Waals surface area (Å²) >= 11 is 1.41. The van der Waals surface area contributed by atoms with E-state index in [1.165, 1.54) is 16.7 Å². The van der Waals surface area contributed by atoms with Gasteiger partial charge in [0.1, 0.15) is 12.4 Å². The van der Waals surface area contributed by atoms with E-state index < -0.39 is 0 Å². The van der Waals surface area contributed by atoms with Crippen molar-refractivity contribution in [1.29, 1.82) is 0 Å². The summed E-state index contributed by atoms with van der Waals surface area (Å²) in [7, 11) is 0. The van der Waals surface area contributed by atoms with E-state index in [9.17, 15) is 4.79 Å². The van der Waals surface area contributed by atoms with Gasteiger partial charge in [-0.15, -0.1) is 11.3 Å².